The molecule has 0 unspecified atom stereocenters. The summed E-state index contributed by atoms with van der Waals surface area (Å²) in [4.78, 5) is 12.1. The van der Waals surface area contributed by atoms with Gasteiger partial charge in [0.1, 0.15) is 5.82 Å². The Morgan fingerprint density at radius 1 is 1.39 bits per heavy atom. The second kappa shape index (κ2) is 5.83. The maximum absolute atomic E-state index is 13.6. The van der Waals surface area contributed by atoms with E-state index in [0.717, 1.165) is 19.3 Å². The fraction of sp³-hybridized carbons (Fsp3) is 0.500. The Morgan fingerprint density at radius 2 is 2.11 bits per heavy atom. The van der Waals surface area contributed by atoms with Crippen molar-refractivity contribution in [1.82, 2.24) is 5.32 Å². The van der Waals surface area contributed by atoms with Crippen LogP contribution in [0.3, 0.4) is 0 Å². The molecular weight excluding hydrogens is 297 g/mol. The van der Waals surface area contributed by atoms with Crippen molar-refractivity contribution in [3.8, 4) is 0 Å². The van der Waals surface area contributed by atoms with Gasteiger partial charge in [-0.1, -0.05) is 35.7 Å². The smallest absolute Gasteiger partial charge is 0.254 e. The van der Waals surface area contributed by atoms with E-state index in [1.165, 1.54) is 18.6 Å². The SMILES string of the molecule is C[C@@H]1CCCC[C@H]1NC(=O)c1cc(Br)ccc1F. The van der Waals surface area contributed by atoms with Crippen LogP contribution < -0.4 is 5.32 Å². The van der Waals surface area contributed by atoms with Crippen LogP contribution in [0.2, 0.25) is 0 Å². The molecule has 2 atom stereocenters. The van der Waals surface area contributed by atoms with Gasteiger partial charge in [-0.25, -0.2) is 4.39 Å². The standard InChI is InChI=1S/C14H17BrFNO/c1-9-4-2-3-5-13(9)17-14(18)11-8-10(15)6-7-12(11)16/h6-9,13H,2-5H2,1H3,(H,17,18)/t9-,13-/m1/s1. The molecular formula is C14H17BrFNO. The highest BCUT2D eigenvalue weighted by Gasteiger charge is 2.24. The summed E-state index contributed by atoms with van der Waals surface area (Å²) in [5.74, 6) is -0.315. The van der Waals surface area contributed by atoms with Crippen LogP contribution in [0.4, 0.5) is 4.39 Å². The van der Waals surface area contributed by atoms with Gasteiger partial charge >= 0.3 is 0 Å². The lowest BCUT2D eigenvalue weighted by molar-refractivity contribution is 0.0906. The van der Waals surface area contributed by atoms with E-state index in [-0.39, 0.29) is 17.5 Å². The molecule has 0 aliphatic heterocycles. The molecule has 1 fully saturated rings. The Labute approximate surface area is 115 Å². The number of rotatable bonds is 2. The first-order chi connectivity index (χ1) is 8.58. The van der Waals surface area contributed by atoms with Gasteiger partial charge in [0.25, 0.3) is 5.91 Å². The molecule has 1 aromatic rings. The second-order valence-electron chi connectivity index (χ2n) is 4.97. The summed E-state index contributed by atoms with van der Waals surface area (Å²) in [6.45, 7) is 2.14. The van der Waals surface area contributed by atoms with Gasteiger partial charge in [0.15, 0.2) is 0 Å². The van der Waals surface area contributed by atoms with E-state index in [9.17, 15) is 9.18 Å². The zero-order chi connectivity index (χ0) is 13.1. The monoisotopic (exact) mass is 313 g/mol. The van der Waals surface area contributed by atoms with Gasteiger partial charge in [0.05, 0.1) is 5.56 Å². The van der Waals surface area contributed by atoms with Crippen LogP contribution in [0.25, 0.3) is 0 Å². The van der Waals surface area contributed by atoms with E-state index in [1.54, 1.807) is 6.07 Å². The Balaban J connectivity index is 2.09. The number of carbonyl (C=O) groups excluding carboxylic acids is 1. The fourth-order valence-electron chi connectivity index (χ4n) is 2.45. The van der Waals surface area contributed by atoms with Gasteiger partial charge in [-0.3, -0.25) is 4.79 Å². The molecule has 98 valence electrons. The predicted molar refractivity (Wildman–Crippen MR) is 73.0 cm³/mol. The maximum Gasteiger partial charge on any atom is 0.254 e. The highest BCUT2D eigenvalue weighted by molar-refractivity contribution is 9.10. The summed E-state index contributed by atoms with van der Waals surface area (Å²) in [5.41, 5.74) is 0.113. The van der Waals surface area contributed by atoms with Crippen molar-refractivity contribution in [3.05, 3.63) is 34.1 Å². The molecule has 2 rings (SSSR count). The number of nitrogens with one attached hydrogen (secondary N) is 1. The molecule has 1 N–H and O–H groups in total. The predicted octanol–water partition coefficient (Wildman–Crippen LogP) is 3.90. The minimum Gasteiger partial charge on any atom is -0.349 e. The zero-order valence-corrected chi connectivity index (χ0v) is 12.0. The third kappa shape index (κ3) is 3.10. The minimum absolute atomic E-state index is 0.113. The minimum atomic E-state index is -0.473. The Hall–Kier alpha value is -0.900. The van der Waals surface area contributed by atoms with E-state index in [0.29, 0.717) is 10.4 Å². The van der Waals surface area contributed by atoms with E-state index in [2.05, 4.69) is 28.2 Å². The van der Waals surface area contributed by atoms with Gasteiger partial charge in [-0.15, -0.1) is 0 Å². The van der Waals surface area contributed by atoms with Crippen LogP contribution in [-0.2, 0) is 0 Å². The first-order valence-corrected chi connectivity index (χ1v) is 7.13. The highest BCUT2D eigenvalue weighted by atomic mass is 79.9. The van der Waals surface area contributed by atoms with E-state index < -0.39 is 5.82 Å². The summed E-state index contributed by atoms with van der Waals surface area (Å²) >= 11 is 3.26. The number of halogens is 2. The van der Waals surface area contributed by atoms with Gasteiger partial charge in [0.2, 0.25) is 0 Å². The van der Waals surface area contributed by atoms with Crippen LogP contribution in [0.15, 0.2) is 22.7 Å². The largest absolute Gasteiger partial charge is 0.349 e. The molecule has 0 aromatic heterocycles. The number of benzene rings is 1. The quantitative estimate of drug-likeness (QED) is 0.881. The first kappa shape index (κ1) is 13.5. The van der Waals surface area contributed by atoms with Crippen molar-refractivity contribution in [2.45, 2.75) is 38.6 Å². The molecule has 2 nitrogen and oxygen atoms in total. The van der Waals surface area contributed by atoms with E-state index >= 15 is 0 Å². The average molecular weight is 314 g/mol. The highest BCUT2D eigenvalue weighted by Crippen LogP contribution is 2.24. The fourth-order valence-corrected chi connectivity index (χ4v) is 2.81. The molecule has 1 aliphatic rings. The molecule has 1 aliphatic carbocycles. The molecule has 0 saturated heterocycles. The van der Waals surface area contributed by atoms with Crippen molar-refractivity contribution in [2.24, 2.45) is 5.92 Å². The molecule has 0 radical (unpaired) electrons. The molecule has 1 saturated carbocycles. The summed E-state index contributed by atoms with van der Waals surface area (Å²) in [7, 11) is 0. The van der Waals surface area contributed by atoms with Crippen molar-refractivity contribution < 1.29 is 9.18 Å². The number of carbonyl (C=O) groups is 1. The van der Waals surface area contributed by atoms with E-state index in [4.69, 9.17) is 0 Å². The van der Waals surface area contributed by atoms with Crippen molar-refractivity contribution in [2.75, 3.05) is 0 Å². The molecule has 0 heterocycles. The second-order valence-corrected chi connectivity index (χ2v) is 5.88. The lowest BCUT2D eigenvalue weighted by Gasteiger charge is -2.29. The maximum atomic E-state index is 13.6. The molecule has 18 heavy (non-hydrogen) atoms. The summed E-state index contributed by atoms with van der Waals surface area (Å²) in [5, 5.41) is 2.95. The van der Waals surface area contributed by atoms with Gasteiger partial charge < -0.3 is 5.32 Å². The van der Waals surface area contributed by atoms with Gasteiger partial charge in [-0.05, 0) is 37.0 Å². The van der Waals surface area contributed by atoms with Gasteiger partial charge in [0, 0.05) is 10.5 Å². The van der Waals surface area contributed by atoms with Crippen LogP contribution in [0, 0.1) is 11.7 Å². The third-order valence-corrected chi connectivity index (χ3v) is 4.09. The molecule has 1 aromatic carbocycles. The summed E-state index contributed by atoms with van der Waals surface area (Å²) in [6, 6.07) is 4.60. The Morgan fingerprint density at radius 3 is 2.83 bits per heavy atom. The molecule has 0 spiro atoms. The lowest BCUT2D eigenvalue weighted by atomic mass is 9.86. The normalized spacial score (nSPS) is 23.7. The van der Waals surface area contributed by atoms with E-state index in [1.807, 2.05) is 0 Å². The van der Waals surface area contributed by atoms with Crippen molar-refractivity contribution >= 4 is 21.8 Å². The first-order valence-electron chi connectivity index (χ1n) is 6.34. The summed E-state index contributed by atoms with van der Waals surface area (Å²) < 4.78 is 14.3. The lowest BCUT2D eigenvalue weighted by Crippen LogP contribution is -2.41. The van der Waals surface area contributed by atoms with Gasteiger partial charge in [-0.2, -0.15) is 0 Å². The van der Waals surface area contributed by atoms with Crippen molar-refractivity contribution in [3.63, 3.8) is 0 Å². The molecule has 4 heteroatoms. The average Bonchev–Trinajstić information content (AvgIpc) is 2.35. The van der Waals surface area contributed by atoms with Crippen LogP contribution in [-0.4, -0.2) is 11.9 Å². The van der Waals surface area contributed by atoms with Crippen LogP contribution in [0.5, 0.6) is 0 Å². The Kier molecular flexibility index (Phi) is 4.38. The van der Waals surface area contributed by atoms with Crippen LogP contribution >= 0.6 is 15.9 Å². The number of hydrogen-bond acceptors (Lipinski definition) is 1. The third-order valence-electron chi connectivity index (χ3n) is 3.60. The topological polar surface area (TPSA) is 29.1 Å². The zero-order valence-electron chi connectivity index (χ0n) is 10.4. The molecule has 0 bridgehead atoms. The number of hydrogen-bond donors (Lipinski definition) is 1. The Bertz CT molecular complexity index is 449. The van der Waals surface area contributed by atoms with Crippen LogP contribution in [0.1, 0.15) is 43.0 Å². The van der Waals surface area contributed by atoms with Crippen molar-refractivity contribution in [1.29, 1.82) is 0 Å². The summed E-state index contributed by atoms with van der Waals surface area (Å²) in [6.07, 6.45) is 4.48. The number of amides is 1. The molecule has 1 amide bonds.